The van der Waals surface area contributed by atoms with Crippen LogP contribution in [0.25, 0.3) is 0 Å². The summed E-state index contributed by atoms with van der Waals surface area (Å²) in [5.74, 6) is 1.00. The summed E-state index contributed by atoms with van der Waals surface area (Å²) in [6, 6.07) is 8.80. The van der Waals surface area contributed by atoms with E-state index in [4.69, 9.17) is 4.74 Å². The van der Waals surface area contributed by atoms with Gasteiger partial charge in [0.05, 0.1) is 13.2 Å². The molecule has 17 heavy (non-hydrogen) atoms. The van der Waals surface area contributed by atoms with Crippen LogP contribution in [0.1, 0.15) is 24.9 Å². The van der Waals surface area contributed by atoms with Crippen LogP contribution in [0.15, 0.2) is 24.3 Å². The number of para-hydroxylation sites is 1. The molecule has 1 aromatic carbocycles. The molecule has 3 nitrogen and oxygen atoms in total. The summed E-state index contributed by atoms with van der Waals surface area (Å²) < 4.78 is 5.47. The third kappa shape index (κ3) is 2.79. The SMILES string of the molecule is CCCN1CCNCC1c1ccccc1OC. The minimum Gasteiger partial charge on any atom is -0.496 e. The predicted octanol–water partition coefficient (Wildman–Crippen LogP) is 2.05. The van der Waals surface area contributed by atoms with Crippen LogP contribution in [0.5, 0.6) is 5.75 Å². The smallest absolute Gasteiger partial charge is 0.123 e. The van der Waals surface area contributed by atoms with Crippen molar-refractivity contribution in [1.82, 2.24) is 10.2 Å². The minimum atomic E-state index is 0.444. The number of piperazine rings is 1. The number of hydrogen-bond acceptors (Lipinski definition) is 3. The van der Waals surface area contributed by atoms with Crippen molar-refractivity contribution in [2.24, 2.45) is 0 Å². The molecule has 1 aliphatic heterocycles. The van der Waals surface area contributed by atoms with Gasteiger partial charge in [-0.2, -0.15) is 0 Å². The molecule has 0 spiro atoms. The summed E-state index contributed by atoms with van der Waals surface area (Å²) in [5.41, 5.74) is 1.30. The third-order valence-corrected chi connectivity index (χ3v) is 3.36. The Hall–Kier alpha value is -1.06. The molecule has 1 aromatic rings. The van der Waals surface area contributed by atoms with E-state index in [1.54, 1.807) is 7.11 Å². The van der Waals surface area contributed by atoms with Crippen molar-refractivity contribution in [1.29, 1.82) is 0 Å². The Morgan fingerprint density at radius 1 is 1.41 bits per heavy atom. The molecule has 1 heterocycles. The zero-order valence-electron chi connectivity index (χ0n) is 10.8. The van der Waals surface area contributed by atoms with E-state index in [1.807, 2.05) is 12.1 Å². The van der Waals surface area contributed by atoms with Gasteiger partial charge in [-0.25, -0.2) is 0 Å². The molecule has 1 fully saturated rings. The molecule has 1 aliphatic rings. The van der Waals surface area contributed by atoms with Gasteiger partial charge in [0.2, 0.25) is 0 Å². The van der Waals surface area contributed by atoms with Crippen LogP contribution in [-0.4, -0.2) is 38.2 Å². The summed E-state index contributed by atoms with van der Waals surface area (Å²) in [4.78, 5) is 2.55. The number of benzene rings is 1. The van der Waals surface area contributed by atoms with E-state index in [-0.39, 0.29) is 0 Å². The summed E-state index contributed by atoms with van der Waals surface area (Å²) in [6.45, 7) is 6.62. The number of hydrogen-bond donors (Lipinski definition) is 1. The zero-order valence-corrected chi connectivity index (χ0v) is 10.8. The van der Waals surface area contributed by atoms with E-state index in [9.17, 15) is 0 Å². The lowest BCUT2D eigenvalue weighted by Gasteiger charge is -2.36. The fraction of sp³-hybridized carbons (Fsp3) is 0.571. The first-order chi connectivity index (χ1) is 8.36. The van der Waals surface area contributed by atoms with Crippen LogP contribution in [0.4, 0.5) is 0 Å². The minimum absolute atomic E-state index is 0.444. The summed E-state index contributed by atoms with van der Waals surface area (Å²) in [6.07, 6.45) is 1.20. The molecule has 0 amide bonds. The first-order valence-corrected chi connectivity index (χ1v) is 6.44. The van der Waals surface area contributed by atoms with E-state index in [2.05, 4.69) is 29.3 Å². The second kappa shape index (κ2) is 6.03. The van der Waals surface area contributed by atoms with Gasteiger partial charge >= 0.3 is 0 Å². The van der Waals surface area contributed by atoms with Crippen molar-refractivity contribution in [2.45, 2.75) is 19.4 Å². The summed E-state index contributed by atoms with van der Waals surface area (Å²) in [5, 5.41) is 3.48. The Labute approximate surface area is 104 Å². The molecule has 0 saturated carbocycles. The van der Waals surface area contributed by atoms with E-state index < -0.39 is 0 Å². The van der Waals surface area contributed by atoms with Crippen LogP contribution in [0, 0.1) is 0 Å². The van der Waals surface area contributed by atoms with Gasteiger partial charge < -0.3 is 10.1 Å². The van der Waals surface area contributed by atoms with Gasteiger partial charge in [0.1, 0.15) is 5.75 Å². The molecule has 0 aliphatic carbocycles. The Kier molecular flexibility index (Phi) is 4.40. The van der Waals surface area contributed by atoms with E-state index in [0.717, 1.165) is 31.9 Å². The Morgan fingerprint density at radius 2 is 2.24 bits per heavy atom. The second-order valence-corrected chi connectivity index (χ2v) is 4.50. The van der Waals surface area contributed by atoms with Crippen molar-refractivity contribution in [3.63, 3.8) is 0 Å². The molecular weight excluding hydrogens is 212 g/mol. The number of nitrogens with zero attached hydrogens (tertiary/aromatic N) is 1. The van der Waals surface area contributed by atoms with E-state index in [0.29, 0.717) is 6.04 Å². The highest BCUT2D eigenvalue weighted by Crippen LogP contribution is 2.29. The summed E-state index contributed by atoms with van der Waals surface area (Å²) >= 11 is 0. The van der Waals surface area contributed by atoms with Gasteiger partial charge in [-0.1, -0.05) is 25.1 Å². The molecule has 1 unspecified atom stereocenters. The van der Waals surface area contributed by atoms with Crippen LogP contribution in [0.2, 0.25) is 0 Å². The molecule has 94 valence electrons. The lowest BCUT2D eigenvalue weighted by atomic mass is 10.0. The highest BCUT2D eigenvalue weighted by Gasteiger charge is 2.25. The third-order valence-electron chi connectivity index (χ3n) is 3.36. The average molecular weight is 234 g/mol. The van der Waals surface area contributed by atoms with Crippen molar-refractivity contribution >= 4 is 0 Å². The maximum atomic E-state index is 5.47. The topological polar surface area (TPSA) is 24.5 Å². The van der Waals surface area contributed by atoms with Gasteiger partial charge in [-0.05, 0) is 19.0 Å². The monoisotopic (exact) mass is 234 g/mol. The lowest BCUT2D eigenvalue weighted by molar-refractivity contribution is 0.159. The number of ether oxygens (including phenoxy) is 1. The van der Waals surface area contributed by atoms with Crippen LogP contribution in [0.3, 0.4) is 0 Å². The average Bonchev–Trinajstić information content (AvgIpc) is 2.40. The van der Waals surface area contributed by atoms with E-state index >= 15 is 0 Å². The Morgan fingerprint density at radius 3 is 3.00 bits per heavy atom. The van der Waals surface area contributed by atoms with Gasteiger partial charge in [0.25, 0.3) is 0 Å². The first kappa shape index (κ1) is 12.4. The molecule has 1 N–H and O–H groups in total. The molecule has 3 heteroatoms. The molecule has 0 bridgehead atoms. The van der Waals surface area contributed by atoms with Gasteiger partial charge in [-0.3, -0.25) is 4.90 Å². The maximum Gasteiger partial charge on any atom is 0.123 e. The summed E-state index contributed by atoms with van der Waals surface area (Å²) in [7, 11) is 1.75. The Bertz CT molecular complexity index is 352. The second-order valence-electron chi connectivity index (χ2n) is 4.50. The molecule has 1 atom stereocenters. The van der Waals surface area contributed by atoms with Crippen molar-refractivity contribution in [2.75, 3.05) is 33.3 Å². The molecular formula is C14H22N2O. The molecule has 1 saturated heterocycles. The zero-order chi connectivity index (χ0) is 12.1. The molecule has 0 radical (unpaired) electrons. The standard InChI is InChI=1S/C14H22N2O/c1-3-9-16-10-8-15-11-13(16)12-6-4-5-7-14(12)17-2/h4-7,13,15H,3,8-11H2,1-2H3. The predicted molar refractivity (Wildman–Crippen MR) is 70.5 cm³/mol. The van der Waals surface area contributed by atoms with Crippen molar-refractivity contribution in [3.05, 3.63) is 29.8 Å². The van der Waals surface area contributed by atoms with Crippen LogP contribution < -0.4 is 10.1 Å². The highest BCUT2D eigenvalue weighted by atomic mass is 16.5. The first-order valence-electron chi connectivity index (χ1n) is 6.44. The highest BCUT2D eigenvalue weighted by molar-refractivity contribution is 5.36. The fourth-order valence-corrected chi connectivity index (χ4v) is 2.55. The largest absolute Gasteiger partial charge is 0.496 e. The van der Waals surface area contributed by atoms with E-state index in [1.165, 1.54) is 12.0 Å². The fourth-order valence-electron chi connectivity index (χ4n) is 2.55. The quantitative estimate of drug-likeness (QED) is 0.863. The van der Waals surface area contributed by atoms with Crippen LogP contribution in [-0.2, 0) is 0 Å². The van der Waals surface area contributed by atoms with Crippen molar-refractivity contribution < 1.29 is 4.74 Å². The molecule has 0 aromatic heterocycles. The van der Waals surface area contributed by atoms with Gasteiger partial charge in [0, 0.05) is 25.2 Å². The lowest BCUT2D eigenvalue weighted by Crippen LogP contribution is -2.46. The number of methoxy groups -OCH3 is 1. The van der Waals surface area contributed by atoms with Crippen molar-refractivity contribution in [3.8, 4) is 5.75 Å². The van der Waals surface area contributed by atoms with Gasteiger partial charge in [0.15, 0.2) is 0 Å². The molecule has 2 rings (SSSR count). The maximum absolute atomic E-state index is 5.47. The van der Waals surface area contributed by atoms with Gasteiger partial charge in [-0.15, -0.1) is 0 Å². The number of nitrogens with one attached hydrogen (secondary N) is 1. The number of rotatable bonds is 4. The van der Waals surface area contributed by atoms with Crippen LogP contribution >= 0.6 is 0 Å². The Balaban J connectivity index is 2.22. The normalized spacial score (nSPS) is 21.4.